The van der Waals surface area contributed by atoms with Gasteiger partial charge in [0.1, 0.15) is 6.54 Å². The normalized spacial score (nSPS) is 11.1. The van der Waals surface area contributed by atoms with E-state index in [0.717, 1.165) is 15.4 Å². The van der Waals surface area contributed by atoms with Crippen molar-refractivity contribution in [1.82, 2.24) is 0 Å². The number of aryl methyl sites for hydroxylation is 2. The molecule has 0 saturated carbocycles. The number of amides is 1. The van der Waals surface area contributed by atoms with E-state index in [1.54, 1.807) is 42.5 Å². The van der Waals surface area contributed by atoms with Crippen LogP contribution >= 0.6 is 11.6 Å². The van der Waals surface area contributed by atoms with Gasteiger partial charge in [0.25, 0.3) is 10.0 Å². The molecule has 0 aliphatic carbocycles. The number of nitrogens with one attached hydrogen (secondary N) is 1. The lowest BCUT2D eigenvalue weighted by Crippen LogP contribution is -2.38. The first-order valence-electron chi connectivity index (χ1n) is 8.98. The molecule has 3 aromatic carbocycles. The van der Waals surface area contributed by atoms with Crippen molar-refractivity contribution in [1.29, 1.82) is 0 Å². The number of benzene rings is 3. The maximum Gasteiger partial charge on any atom is 0.264 e. The predicted octanol–water partition coefficient (Wildman–Crippen LogP) is 4.79. The first-order chi connectivity index (χ1) is 13.8. The maximum absolute atomic E-state index is 13.3. The molecular formula is C22H21ClN2O3S. The molecule has 1 amide bonds. The van der Waals surface area contributed by atoms with Crippen molar-refractivity contribution in [2.45, 2.75) is 18.7 Å². The minimum Gasteiger partial charge on any atom is -0.325 e. The zero-order valence-electron chi connectivity index (χ0n) is 16.1. The number of sulfonamides is 1. The summed E-state index contributed by atoms with van der Waals surface area (Å²) in [5.41, 5.74) is 2.73. The Morgan fingerprint density at radius 1 is 0.966 bits per heavy atom. The highest BCUT2D eigenvalue weighted by Gasteiger charge is 2.27. The molecule has 0 radical (unpaired) electrons. The standard InChI is InChI=1S/C22H21ClN2O3S/c1-16-7-6-8-18(13-16)24-22(26)15-25(19-12-11-17(2)21(23)14-19)29(27,28)20-9-4-3-5-10-20/h3-14H,15H2,1-2H3,(H,24,26). The van der Waals surface area contributed by atoms with Gasteiger partial charge < -0.3 is 5.32 Å². The summed E-state index contributed by atoms with van der Waals surface area (Å²) in [6, 6.07) is 20.2. The summed E-state index contributed by atoms with van der Waals surface area (Å²) in [5.74, 6) is -0.452. The van der Waals surface area contributed by atoms with E-state index in [1.807, 2.05) is 32.0 Å². The third kappa shape index (κ3) is 4.96. The molecule has 0 heterocycles. The number of halogens is 1. The molecule has 0 spiro atoms. The lowest BCUT2D eigenvalue weighted by molar-refractivity contribution is -0.114. The molecule has 0 aromatic heterocycles. The van der Waals surface area contributed by atoms with Crippen LogP contribution in [0.1, 0.15) is 11.1 Å². The Kier molecular flexibility index (Phi) is 6.25. The van der Waals surface area contributed by atoms with Crippen molar-refractivity contribution >= 4 is 38.9 Å². The van der Waals surface area contributed by atoms with E-state index in [1.165, 1.54) is 12.1 Å². The predicted molar refractivity (Wildman–Crippen MR) is 117 cm³/mol. The molecular weight excluding hydrogens is 408 g/mol. The van der Waals surface area contributed by atoms with Gasteiger partial charge in [-0.25, -0.2) is 8.42 Å². The summed E-state index contributed by atoms with van der Waals surface area (Å²) < 4.78 is 27.6. The van der Waals surface area contributed by atoms with Crippen LogP contribution in [0.3, 0.4) is 0 Å². The summed E-state index contributed by atoms with van der Waals surface area (Å²) in [6.07, 6.45) is 0. The fraction of sp³-hybridized carbons (Fsp3) is 0.136. The summed E-state index contributed by atoms with van der Waals surface area (Å²) in [6.45, 7) is 3.35. The van der Waals surface area contributed by atoms with E-state index < -0.39 is 15.9 Å². The van der Waals surface area contributed by atoms with Gasteiger partial charge >= 0.3 is 0 Å². The number of carbonyl (C=O) groups is 1. The summed E-state index contributed by atoms with van der Waals surface area (Å²) in [5, 5.41) is 3.18. The fourth-order valence-electron chi connectivity index (χ4n) is 2.83. The second kappa shape index (κ2) is 8.68. The van der Waals surface area contributed by atoms with Crippen LogP contribution in [0.4, 0.5) is 11.4 Å². The monoisotopic (exact) mass is 428 g/mol. The Morgan fingerprint density at radius 2 is 1.69 bits per heavy atom. The second-order valence-electron chi connectivity index (χ2n) is 6.68. The molecule has 3 rings (SSSR count). The number of nitrogens with zero attached hydrogens (tertiary/aromatic N) is 1. The zero-order valence-corrected chi connectivity index (χ0v) is 17.7. The third-order valence-corrected chi connectivity index (χ3v) is 6.56. The first-order valence-corrected chi connectivity index (χ1v) is 10.8. The molecule has 150 valence electrons. The minimum atomic E-state index is -3.97. The van der Waals surface area contributed by atoms with E-state index in [4.69, 9.17) is 11.6 Å². The fourth-order valence-corrected chi connectivity index (χ4v) is 4.43. The van der Waals surface area contributed by atoms with Gasteiger partial charge in [0.05, 0.1) is 10.6 Å². The molecule has 0 atom stereocenters. The van der Waals surface area contributed by atoms with Gasteiger partial charge in [-0.1, -0.05) is 48.0 Å². The largest absolute Gasteiger partial charge is 0.325 e. The van der Waals surface area contributed by atoms with Crippen LogP contribution in [0.25, 0.3) is 0 Å². The van der Waals surface area contributed by atoms with Gasteiger partial charge in [0, 0.05) is 10.7 Å². The van der Waals surface area contributed by atoms with Gasteiger partial charge in [0.15, 0.2) is 0 Å². The average molecular weight is 429 g/mol. The quantitative estimate of drug-likeness (QED) is 0.613. The zero-order chi connectivity index (χ0) is 21.0. The lowest BCUT2D eigenvalue weighted by Gasteiger charge is -2.24. The number of hydrogen-bond acceptors (Lipinski definition) is 3. The van der Waals surface area contributed by atoms with Crippen LogP contribution in [0.5, 0.6) is 0 Å². The van der Waals surface area contributed by atoms with Crippen LogP contribution < -0.4 is 9.62 Å². The molecule has 7 heteroatoms. The average Bonchev–Trinajstić information content (AvgIpc) is 2.69. The summed E-state index contributed by atoms with van der Waals surface area (Å²) in [7, 11) is -3.97. The Bertz CT molecular complexity index is 1130. The minimum absolute atomic E-state index is 0.0973. The third-order valence-electron chi connectivity index (χ3n) is 4.36. The maximum atomic E-state index is 13.3. The van der Waals surface area contributed by atoms with Crippen molar-refractivity contribution in [3.05, 3.63) is 88.9 Å². The number of anilines is 2. The Hall–Kier alpha value is -2.83. The highest BCUT2D eigenvalue weighted by atomic mass is 35.5. The molecule has 3 aromatic rings. The van der Waals surface area contributed by atoms with Gasteiger partial charge in [-0.2, -0.15) is 0 Å². The molecule has 5 nitrogen and oxygen atoms in total. The van der Waals surface area contributed by atoms with Crippen LogP contribution in [-0.4, -0.2) is 20.9 Å². The molecule has 0 saturated heterocycles. The van der Waals surface area contributed by atoms with Gasteiger partial charge in [0.2, 0.25) is 5.91 Å². The SMILES string of the molecule is Cc1cccc(NC(=O)CN(c2ccc(C)c(Cl)c2)S(=O)(=O)c2ccccc2)c1. The first kappa shape index (κ1) is 20.9. The highest BCUT2D eigenvalue weighted by molar-refractivity contribution is 7.92. The number of rotatable bonds is 6. The van der Waals surface area contributed by atoms with Crippen LogP contribution in [0.15, 0.2) is 77.7 Å². The van der Waals surface area contributed by atoms with Crippen molar-refractivity contribution in [2.24, 2.45) is 0 Å². The van der Waals surface area contributed by atoms with Crippen molar-refractivity contribution in [2.75, 3.05) is 16.2 Å². The number of carbonyl (C=O) groups excluding carboxylic acids is 1. The molecule has 0 aliphatic heterocycles. The van der Waals surface area contributed by atoms with Crippen LogP contribution in [-0.2, 0) is 14.8 Å². The van der Waals surface area contributed by atoms with E-state index in [-0.39, 0.29) is 11.4 Å². The summed E-state index contributed by atoms with van der Waals surface area (Å²) in [4.78, 5) is 12.8. The Labute approximate surface area is 176 Å². The van der Waals surface area contributed by atoms with Crippen molar-refractivity contribution < 1.29 is 13.2 Å². The number of hydrogen-bond donors (Lipinski definition) is 1. The molecule has 0 aliphatic rings. The second-order valence-corrected chi connectivity index (χ2v) is 8.95. The smallest absolute Gasteiger partial charge is 0.264 e. The van der Waals surface area contributed by atoms with E-state index in [0.29, 0.717) is 16.4 Å². The van der Waals surface area contributed by atoms with Crippen LogP contribution in [0.2, 0.25) is 5.02 Å². The van der Waals surface area contributed by atoms with E-state index in [9.17, 15) is 13.2 Å². The van der Waals surface area contributed by atoms with Gasteiger partial charge in [-0.05, 0) is 61.4 Å². The summed E-state index contributed by atoms with van der Waals surface area (Å²) >= 11 is 6.22. The van der Waals surface area contributed by atoms with Gasteiger partial charge in [-0.3, -0.25) is 9.10 Å². The molecule has 0 unspecified atom stereocenters. The lowest BCUT2D eigenvalue weighted by atomic mass is 10.2. The van der Waals surface area contributed by atoms with Crippen LogP contribution in [0, 0.1) is 13.8 Å². The Morgan fingerprint density at radius 3 is 2.34 bits per heavy atom. The highest BCUT2D eigenvalue weighted by Crippen LogP contribution is 2.28. The Balaban J connectivity index is 1.96. The molecule has 0 bridgehead atoms. The van der Waals surface area contributed by atoms with E-state index >= 15 is 0 Å². The van der Waals surface area contributed by atoms with Crippen molar-refractivity contribution in [3.63, 3.8) is 0 Å². The molecule has 0 fully saturated rings. The van der Waals surface area contributed by atoms with Gasteiger partial charge in [-0.15, -0.1) is 0 Å². The molecule has 29 heavy (non-hydrogen) atoms. The van der Waals surface area contributed by atoms with Crippen molar-refractivity contribution in [3.8, 4) is 0 Å². The molecule has 1 N–H and O–H groups in total. The topological polar surface area (TPSA) is 66.5 Å². The van der Waals surface area contributed by atoms with E-state index in [2.05, 4.69) is 5.32 Å².